The van der Waals surface area contributed by atoms with E-state index in [0.29, 0.717) is 23.5 Å². The highest BCUT2D eigenvalue weighted by Gasteiger charge is 2.18. The van der Waals surface area contributed by atoms with Crippen LogP contribution in [0.15, 0.2) is 36.4 Å². The summed E-state index contributed by atoms with van der Waals surface area (Å²) < 4.78 is 0. The van der Waals surface area contributed by atoms with Gasteiger partial charge in [0.1, 0.15) is 5.82 Å². The van der Waals surface area contributed by atoms with Gasteiger partial charge >= 0.3 is 0 Å². The van der Waals surface area contributed by atoms with E-state index in [-0.39, 0.29) is 0 Å². The molecule has 4 rings (SSSR count). The van der Waals surface area contributed by atoms with E-state index in [1.54, 1.807) is 0 Å². The fourth-order valence-corrected chi connectivity index (χ4v) is 3.40. The maximum absolute atomic E-state index is 6.16. The van der Waals surface area contributed by atoms with Crippen LogP contribution in [-0.2, 0) is 0 Å². The van der Waals surface area contributed by atoms with Crippen molar-refractivity contribution in [3.8, 4) is 11.3 Å². The largest absolute Gasteiger partial charge is 0.388 e. The first-order valence-electron chi connectivity index (χ1n) is 9.30. The van der Waals surface area contributed by atoms with E-state index in [0.717, 1.165) is 48.3 Å². The fourth-order valence-electron chi connectivity index (χ4n) is 3.40. The topological polar surface area (TPSA) is 92.0 Å². The Labute approximate surface area is 159 Å². The molecular weight excluding hydrogens is 338 g/mol. The average Bonchev–Trinajstić information content (AvgIpc) is 2.69. The minimum Gasteiger partial charge on any atom is -0.388 e. The molecule has 1 aliphatic heterocycles. The predicted molar refractivity (Wildman–Crippen MR) is 111 cm³/mol. The van der Waals surface area contributed by atoms with Crippen LogP contribution in [-0.4, -0.2) is 53.1 Å². The second-order valence-electron chi connectivity index (χ2n) is 7.05. The number of nitrogen functional groups attached to an aromatic ring is 1. The van der Waals surface area contributed by atoms with Crippen molar-refractivity contribution in [3.05, 3.63) is 36.4 Å². The number of nitrogens with two attached hydrogens (primary N) is 1. The Morgan fingerprint density at radius 1 is 1.00 bits per heavy atom. The Morgan fingerprint density at radius 3 is 2.44 bits per heavy atom. The molecule has 0 aliphatic carbocycles. The van der Waals surface area contributed by atoms with E-state index < -0.39 is 0 Å². The summed E-state index contributed by atoms with van der Waals surface area (Å²) in [6.45, 7) is 2.15. The van der Waals surface area contributed by atoms with Crippen LogP contribution in [0.5, 0.6) is 0 Å². The van der Waals surface area contributed by atoms with Crippen molar-refractivity contribution in [1.29, 1.82) is 0 Å². The van der Waals surface area contributed by atoms with Gasteiger partial charge in [0.2, 0.25) is 5.95 Å². The SMILES string of the molecule is CNc1ccc(-c2ccc3c(N)nc(NC4CCN(C)CC4)nc3n2)cc1. The van der Waals surface area contributed by atoms with Crippen molar-refractivity contribution in [1.82, 2.24) is 19.9 Å². The first-order chi connectivity index (χ1) is 13.1. The third kappa shape index (κ3) is 3.78. The van der Waals surface area contributed by atoms with Gasteiger partial charge < -0.3 is 21.3 Å². The second-order valence-corrected chi connectivity index (χ2v) is 7.05. The summed E-state index contributed by atoms with van der Waals surface area (Å²) in [5.41, 5.74) is 9.76. The molecule has 2 aromatic heterocycles. The predicted octanol–water partition coefficient (Wildman–Crippen LogP) is 2.82. The zero-order valence-corrected chi connectivity index (χ0v) is 15.7. The molecule has 0 amide bonds. The van der Waals surface area contributed by atoms with Gasteiger partial charge in [0.25, 0.3) is 0 Å². The van der Waals surface area contributed by atoms with Crippen LogP contribution < -0.4 is 16.4 Å². The van der Waals surface area contributed by atoms with E-state index in [1.807, 2.05) is 43.4 Å². The highest BCUT2D eigenvalue weighted by Crippen LogP contribution is 2.25. The van der Waals surface area contributed by atoms with Crippen molar-refractivity contribution >= 4 is 28.5 Å². The van der Waals surface area contributed by atoms with Crippen molar-refractivity contribution in [3.63, 3.8) is 0 Å². The van der Waals surface area contributed by atoms with Crippen LogP contribution in [0.2, 0.25) is 0 Å². The van der Waals surface area contributed by atoms with Gasteiger partial charge in [0, 0.05) is 24.3 Å². The molecule has 0 atom stereocenters. The second kappa shape index (κ2) is 7.36. The molecular formula is C20H25N7. The van der Waals surface area contributed by atoms with Gasteiger partial charge in [-0.1, -0.05) is 12.1 Å². The van der Waals surface area contributed by atoms with Gasteiger partial charge in [-0.25, -0.2) is 4.98 Å². The van der Waals surface area contributed by atoms with Crippen molar-refractivity contribution in [2.24, 2.45) is 0 Å². The van der Waals surface area contributed by atoms with E-state index in [1.165, 1.54) is 0 Å². The smallest absolute Gasteiger partial charge is 0.226 e. The fraction of sp³-hybridized carbons (Fsp3) is 0.350. The molecule has 7 nitrogen and oxygen atoms in total. The molecule has 3 heterocycles. The number of likely N-dealkylation sites (tertiary alicyclic amines) is 1. The lowest BCUT2D eigenvalue weighted by molar-refractivity contribution is 0.263. The lowest BCUT2D eigenvalue weighted by atomic mass is 10.1. The third-order valence-electron chi connectivity index (χ3n) is 5.11. The quantitative estimate of drug-likeness (QED) is 0.656. The number of anilines is 3. The highest BCUT2D eigenvalue weighted by atomic mass is 15.2. The van der Waals surface area contributed by atoms with E-state index in [9.17, 15) is 0 Å². The van der Waals surface area contributed by atoms with Crippen molar-refractivity contribution in [2.45, 2.75) is 18.9 Å². The van der Waals surface area contributed by atoms with Crippen LogP contribution >= 0.6 is 0 Å². The summed E-state index contributed by atoms with van der Waals surface area (Å²) in [5.74, 6) is 1.02. The Balaban J connectivity index is 1.63. The minimum atomic E-state index is 0.371. The molecule has 1 aliphatic rings. The van der Waals surface area contributed by atoms with Crippen LogP contribution in [0.3, 0.4) is 0 Å². The molecule has 140 valence electrons. The summed E-state index contributed by atoms with van der Waals surface area (Å²) in [7, 11) is 4.05. The Kier molecular flexibility index (Phi) is 4.77. The molecule has 1 fully saturated rings. The number of piperidine rings is 1. The van der Waals surface area contributed by atoms with Gasteiger partial charge in [0.15, 0.2) is 5.65 Å². The summed E-state index contributed by atoms with van der Waals surface area (Å²) in [5, 5.41) is 7.33. The third-order valence-corrected chi connectivity index (χ3v) is 5.11. The number of aromatic nitrogens is 3. The first kappa shape index (κ1) is 17.5. The molecule has 0 saturated carbocycles. The average molecular weight is 363 g/mol. The van der Waals surface area contributed by atoms with Gasteiger partial charge in [-0.2, -0.15) is 9.97 Å². The molecule has 0 bridgehead atoms. The number of pyridine rings is 1. The number of benzene rings is 1. The summed E-state index contributed by atoms with van der Waals surface area (Å²) in [4.78, 5) is 16.1. The minimum absolute atomic E-state index is 0.371. The number of fused-ring (bicyclic) bond motifs is 1. The number of hydrogen-bond acceptors (Lipinski definition) is 7. The summed E-state index contributed by atoms with van der Waals surface area (Å²) >= 11 is 0. The van der Waals surface area contributed by atoms with E-state index in [4.69, 9.17) is 10.7 Å². The molecule has 7 heteroatoms. The first-order valence-corrected chi connectivity index (χ1v) is 9.30. The maximum atomic E-state index is 6.16. The molecule has 0 unspecified atom stereocenters. The van der Waals surface area contributed by atoms with Crippen LogP contribution in [0.25, 0.3) is 22.3 Å². The van der Waals surface area contributed by atoms with Crippen molar-refractivity contribution in [2.75, 3.05) is 43.6 Å². The normalized spacial score (nSPS) is 15.8. The monoisotopic (exact) mass is 363 g/mol. The molecule has 27 heavy (non-hydrogen) atoms. The van der Waals surface area contributed by atoms with Gasteiger partial charge in [-0.3, -0.25) is 0 Å². The lowest BCUT2D eigenvalue weighted by Gasteiger charge is -2.29. The maximum Gasteiger partial charge on any atom is 0.226 e. The molecule has 0 spiro atoms. The zero-order chi connectivity index (χ0) is 18.8. The molecule has 1 aromatic carbocycles. The molecule has 0 radical (unpaired) electrons. The van der Waals surface area contributed by atoms with E-state index >= 15 is 0 Å². The van der Waals surface area contributed by atoms with Gasteiger partial charge in [-0.15, -0.1) is 0 Å². The van der Waals surface area contributed by atoms with Gasteiger partial charge in [0.05, 0.1) is 11.1 Å². The molecule has 1 saturated heterocycles. The summed E-state index contributed by atoms with van der Waals surface area (Å²) in [6, 6.07) is 12.4. The van der Waals surface area contributed by atoms with E-state index in [2.05, 4.69) is 32.5 Å². The Bertz CT molecular complexity index is 931. The molecule has 4 N–H and O–H groups in total. The number of nitrogens with zero attached hydrogens (tertiary/aromatic N) is 4. The lowest BCUT2D eigenvalue weighted by Crippen LogP contribution is -2.37. The molecule has 3 aromatic rings. The van der Waals surface area contributed by atoms with Crippen molar-refractivity contribution < 1.29 is 0 Å². The number of rotatable bonds is 4. The van der Waals surface area contributed by atoms with Crippen LogP contribution in [0.4, 0.5) is 17.5 Å². The van der Waals surface area contributed by atoms with Crippen LogP contribution in [0.1, 0.15) is 12.8 Å². The Morgan fingerprint density at radius 2 is 1.74 bits per heavy atom. The van der Waals surface area contributed by atoms with Crippen LogP contribution in [0, 0.1) is 0 Å². The summed E-state index contributed by atoms with van der Waals surface area (Å²) in [6.07, 6.45) is 2.15. The highest BCUT2D eigenvalue weighted by molar-refractivity contribution is 5.88. The van der Waals surface area contributed by atoms with Gasteiger partial charge in [-0.05, 0) is 57.2 Å². The Hall–Kier alpha value is -2.93. The standard InChI is InChI=1S/C20H25N7/c1-22-14-5-3-13(4-6-14)17-8-7-16-18(21)25-20(26-19(16)24-17)23-15-9-11-27(2)12-10-15/h3-8,15,22H,9-12H2,1-2H3,(H3,21,23,24,25,26). The number of hydrogen-bond donors (Lipinski definition) is 3. The zero-order valence-electron chi connectivity index (χ0n) is 15.7. The number of nitrogens with one attached hydrogen (secondary N) is 2.